The third-order valence-electron chi connectivity index (χ3n) is 7.34. The molecule has 4 amide bonds. The monoisotopic (exact) mass is 624 g/mol. The van der Waals surface area contributed by atoms with Gasteiger partial charge in [-0.2, -0.15) is 0 Å². The summed E-state index contributed by atoms with van der Waals surface area (Å²) in [5.41, 5.74) is 9.83. The van der Waals surface area contributed by atoms with Gasteiger partial charge in [-0.1, -0.05) is 56.3 Å². The maximum Gasteiger partial charge on any atom is 0.407 e. The molecular formula is C35H40N6O5. The van der Waals surface area contributed by atoms with Crippen molar-refractivity contribution in [3.8, 4) is 0 Å². The van der Waals surface area contributed by atoms with Crippen LogP contribution in [-0.2, 0) is 11.3 Å². The molecule has 0 saturated heterocycles. The first kappa shape index (κ1) is 33.4. The van der Waals surface area contributed by atoms with Crippen LogP contribution in [0.1, 0.15) is 65.0 Å². The number of carbonyl (C=O) groups is 4. The number of nitrogens with two attached hydrogens (primary N) is 1. The molecule has 46 heavy (non-hydrogen) atoms. The van der Waals surface area contributed by atoms with Gasteiger partial charge in [-0.15, -0.1) is 0 Å². The molecule has 1 aliphatic heterocycles. The van der Waals surface area contributed by atoms with Crippen LogP contribution in [0.5, 0.6) is 0 Å². The Morgan fingerprint density at radius 3 is 2.26 bits per heavy atom. The smallest absolute Gasteiger partial charge is 0.407 e. The number of benzene rings is 3. The third kappa shape index (κ3) is 9.04. The van der Waals surface area contributed by atoms with Crippen molar-refractivity contribution >= 4 is 47.1 Å². The maximum atomic E-state index is 13.3. The van der Waals surface area contributed by atoms with Gasteiger partial charge in [0.15, 0.2) is 0 Å². The minimum absolute atomic E-state index is 0.0631. The van der Waals surface area contributed by atoms with E-state index < -0.39 is 17.9 Å². The largest absolute Gasteiger partial charge is 0.465 e. The Balaban J connectivity index is 1.40. The van der Waals surface area contributed by atoms with Crippen molar-refractivity contribution in [2.45, 2.75) is 39.7 Å². The molecular weight excluding hydrogens is 584 g/mol. The number of fused-ring (bicyclic) bond motifs is 1. The van der Waals surface area contributed by atoms with Crippen LogP contribution >= 0.6 is 0 Å². The van der Waals surface area contributed by atoms with Crippen molar-refractivity contribution in [3.05, 3.63) is 101 Å². The molecule has 0 atom stereocenters. The lowest BCUT2D eigenvalue weighted by Crippen LogP contribution is -2.37. The summed E-state index contributed by atoms with van der Waals surface area (Å²) in [6.07, 6.45) is 2.64. The molecule has 0 fully saturated rings. The van der Waals surface area contributed by atoms with Gasteiger partial charge in [0.1, 0.15) is 5.84 Å². The zero-order chi connectivity index (χ0) is 33.1. The summed E-state index contributed by atoms with van der Waals surface area (Å²) in [4.78, 5) is 58.5. The number of nitrogens with one attached hydrogen (secondary N) is 2. The van der Waals surface area contributed by atoms with Crippen LogP contribution in [0, 0.1) is 0 Å². The lowest BCUT2D eigenvalue weighted by molar-refractivity contribution is -0.127. The molecule has 0 bridgehead atoms. The summed E-state index contributed by atoms with van der Waals surface area (Å²) in [5, 5.41) is 15.1. The summed E-state index contributed by atoms with van der Waals surface area (Å²) in [6, 6.07) is 20.7. The van der Waals surface area contributed by atoms with Gasteiger partial charge >= 0.3 is 6.09 Å². The average Bonchev–Trinajstić information content (AvgIpc) is 3.21. The number of amides is 4. The van der Waals surface area contributed by atoms with E-state index in [1.165, 1.54) is 4.90 Å². The van der Waals surface area contributed by atoms with Crippen LogP contribution in [0.4, 0.5) is 16.2 Å². The molecule has 240 valence electrons. The van der Waals surface area contributed by atoms with E-state index in [1.807, 2.05) is 49.1 Å². The molecule has 0 aliphatic carbocycles. The summed E-state index contributed by atoms with van der Waals surface area (Å²) < 4.78 is 0. The van der Waals surface area contributed by atoms with Gasteiger partial charge in [0, 0.05) is 67.1 Å². The second-order valence-corrected chi connectivity index (χ2v) is 11.0. The molecule has 3 aromatic rings. The van der Waals surface area contributed by atoms with Gasteiger partial charge in [0.2, 0.25) is 5.91 Å². The number of carbonyl (C=O) groups excluding carboxylic acids is 3. The normalized spacial score (nSPS) is 12.1. The van der Waals surface area contributed by atoms with Gasteiger partial charge in [0.05, 0.1) is 5.69 Å². The Labute approximate surface area is 268 Å². The standard InChI is InChI=1S/C35H40N6O5/c1-3-16-40(17-4-2)34(44)28-19-25-13-14-27(21-30(25)39-31(36)22-28)33(43)38-29-12-8-11-26(20-29)32(42)37-15-18-41(35(45)46)23-24-9-6-5-7-10-24/h5-14,19-21H,3-4,15-18,22-23H2,1-2H3,(H2,36,39)(H,37,42)(H,38,43)(H,45,46). The topological polar surface area (TPSA) is 157 Å². The van der Waals surface area contributed by atoms with E-state index in [2.05, 4.69) is 15.6 Å². The molecule has 11 nitrogen and oxygen atoms in total. The minimum atomic E-state index is -1.08. The van der Waals surface area contributed by atoms with Crippen LogP contribution in [-0.4, -0.2) is 70.7 Å². The fourth-order valence-corrected chi connectivity index (χ4v) is 5.12. The average molecular weight is 625 g/mol. The number of anilines is 1. The molecule has 0 unspecified atom stereocenters. The first-order chi connectivity index (χ1) is 22.2. The van der Waals surface area contributed by atoms with Crippen molar-refractivity contribution in [2.24, 2.45) is 10.7 Å². The zero-order valence-corrected chi connectivity index (χ0v) is 26.2. The SMILES string of the molecule is CCCN(CCC)C(=O)C1=Cc2ccc(C(=O)Nc3cccc(C(=O)NCCN(Cc4ccccc4)C(=O)O)c3)cc2N=C(N)C1. The van der Waals surface area contributed by atoms with Crippen LogP contribution in [0.2, 0.25) is 0 Å². The van der Waals surface area contributed by atoms with E-state index in [1.54, 1.807) is 48.5 Å². The number of nitrogens with zero attached hydrogens (tertiary/aromatic N) is 3. The van der Waals surface area contributed by atoms with E-state index in [4.69, 9.17) is 5.73 Å². The number of hydrogen-bond donors (Lipinski definition) is 4. The predicted octanol–water partition coefficient (Wildman–Crippen LogP) is 5.27. The molecule has 1 aliphatic rings. The highest BCUT2D eigenvalue weighted by Gasteiger charge is 2.22. The molecule has 4 rings (SSSR count). The summed E-state index contributed by atoms with van der Waals surface area (Å²) in [5.74, 6) is -0.584. The van der Waals surface area contributed by atoms with Crippen LogP contribution < -0.4 is 16.4 Å². The minimum Gasteiger partial charge on any atom is -0.465 e. The molecule has 11 heteroatoms. The van der Waals surface area contributed by atoms with Gasteiger partial charge in [-0.05, 0) is 54.8 Å². The fourth-order valence-electron chi connectivity index (χ4n) is 5.12. The van der Waals surface area contributed by atoms with E-state index in [0.717, 1.165) is 18.4 Å². The lowest BCUT2D eigenvalue weighted by atomic mass is 10.0. The summed E-state index contributed by atoms with van der Waals surface area (Å²) >= 11 is 0. The van der Waals surface area contributed by atoms with Gasteiger partial charge < -0.3 is 31.3 Å². The van der Waals surface area contributed by atoms with E-state index >= 15 is 0 Å². The first-order valence-corrected chi connectivity index (χ1v) is 15.4. The van der Waals surface area contributed by atoms with Crippen LogP contribution in [0.3, 0.4) is 0 Å². The molecule has 0 aromatic heterocycles. The highest BCUT2D eigenvalue weighted by atomic mass is 16.4. The summed E-state index contributed by atoms with van der Waals surface area (Å²) in [7, 11) is 0. The van der Waals surface area contributed by atoms with Crippen LogP contribution in [0.25, 0.3) is 6.08 Å². The quantitative estimate of drug-likeness (QED) is 0.203. The highest BCUT2D eigenvalue weighted by molar-refractivity contribution is 6.08. The van der Waals surface area contributed by atoms with Gasteiger partial charge in [0.25, 0.3) is 11.8 Å². The number of carboxylic acid groups (broad SMARTS) is 1. The molecule has 0 saturated carbocycles. The number of amidine groups is 1. The van der Waals surface area contributed by atoms with Crippen LogP contribution in [0.15, 0.2) is 83.4 Å². The Kier molecular flexibility index (Phi) is 11.7. The second-order valence-electron chi connectivity index (χ2n) is 11.0. The Hall–Kier alpha value is -5.45. The van der Waals surface area contributed by atoms with Crippen molar-refractivity contribution in [1.29, 1.82) is 0 Å². The lowest BCUT2D eigenvalue weighted by Gasteiger charge is -2.22. The molecule has 5 N–H and O–H groups in total. The van der Waals surface area contributed by atoms with Crippen molar-refractivity contribution in [1.82, 2.24) is 15.1 Å². The summed E-state index contributed by atoms with van der Waals surface area (Å²) in [6.45, 7) is 5.82. The number of hydrogen-bond acceptors (Lipinski definition) is 6. The van der Waals surface area contributed by atoms with Crippen molar-refractivity contribution in [3.63, 3.8) is 0 Å². The second kappa shape index (κ2) is 16.0. The third-order valence-corrected chi connectivity index (χ3v) is 7.34. The van der Waals surface area contributed by atoms with E-state index in [9.17, 15) is 24.3 Å². The van der Waals surface area contributed by atoms with Crippen molar-refractivity contribution in [2.75, 3.05) is 31.5 Å². The Morgan fingerprint density at radius 2 is 1.57 bits per heavy atom. The molecule has 0 radical (unpaired) electrons. The first-order valence-electron chi connectivity index (χ1n) is 15.4. The molecule has 3 aromatic carbocycles. The molecule has 0 spiro atoms. The zero-order valence-electron chi connectivity index (χ0n) is 26.2. The Morgan fingerprint density at radius 1 is 0.848 bits per heavy atom. The maximum absolute atomic E-state index is 13.3. The number of aliphatic imine (C=N–C) groups is 1. The van der Waals surface area contributed by atoms with Gasteiger partial charge in [-0.3, -0.25) is 14.4 Å². The number of rotatable bonds is 13. The Bertz CT molecular complexity index is 1630. The molecule has 1 heterocycles. The van der Waals surface area contributed by atoms with Crippen molar-refractivity contribution < 1.29 is 24.3 Å². The highest BCUT2D eigenvalue weighted by Crippen LogP contribution is 2.29. The fraction of sp³-hybridized carbons (Fsp3) is 0.286. The predicted molar refractivity (Wildman–Crippen MR) is 179 cm³/mol. The van der Waals surface area contributed by atoms with E-state index in [-0.39, 0.29) is 37.8 Å². The van der Waals surface area contributed by atoms with Gasteiger partial charge in [-0.25, -0.2) is 9.79 Å². The van der Waals surface area contributed by atoms with E-state index in [0.29, 0.717) is 46.7 Å².